The predicted molar refractivity (Wildman–Crippen MR) is 57.2 cm³/mol. The van der Waals surface area contributed by atoms with E-state index in [1.165, 1.54) is 6.07 Å². The summed E-state index contributed by atoms with van der Waals surface area (Å²) in [4.78, 5) is 25.2. The summed E-state index contributed by atoms with van der Waals surface area (Å²) in [5, 5.41) is 8.98. The normalized spacial score (nSPS) is 10.6. The molecule has 1 rings (SSSR count). The van der Waals surface area contributed by atoms with Gasteiger partial charge in [0.1, 0.15) is 0 Å². The molecule has 0 saturated carbocycles. The molecule has 1 N–H and O–H groups in total. The van der Waals surface area contributed by atoms with Gasteiger partial charge in [-0.25, -0.2) is 0 Å². The molecule has 1 heterocycles. The molecule has 5 nitrogen and oxygen atoms in total. The monoisotopic (exact) mass is 228 g/mol. The molecule has 0 aliphatic heterocycles. The van der Waals surface area contributed by atoms with E-state index >= 15 is 0 Å². The maximum atomic E-state index is 11.0. The Morgan fingerprint density at radius 2 is 2.33 bits per heavy atom. The van der Waals surface area contributed by atoms with Crippen LogP contribution in [0.25, 0.3) is 0 Å². The minimum atomic E-state index is -0.923. The summed E-state index contributed by atoms with van der Waals surface area (Å²) in [5.41, 5.74) is -0.347. The van der Waals surface area contributed by atoms with Crippen LogP contribution in [0.5, 0.6) is 0 Å². The molecule has 0 aliphatic carbocycles. The van der Waals surface area contributed by atoms with Gasteiger partial charge in [0.2, 0.25) is 0 Å². The van der Waals surface area contributed by atoms with E-state index in [9.17, 15) is 9.59 Å². The number of aliphatic carboxylic acids is 1. The smallest absolute Gasteiger partial charge is 0.313 e. The van der Waals surface area contributed by atoms with Gasteiger partial charge < -0.3 is 9.67 Å². The van der Waals surface area contributed by atoms with Crippen LogP contribution in [0.3, 0.4) is 0 Å². The van der Waals surface area contributed by atoms with Crippen molar-refractivity contribution in [1.29, 1.82) is 0 Å². The summed E-state index contributed by atoms with van der Waals surface area (Å²) in [6.45, 7) is 3.88. The molecule has 0 saturated heterocycles. The summed E-state index contributed by atoms with van der Waals surface area (Å²) in [5.74, 6) is -1.02. The second-order valence-corrected chi connectivity index (χ2v) is 4.17. The number of carboxylic acid groups (broad SMARTS) is 1. The van der Waals surface area contributed by atoms with Gasteiger partial charge in [0.05, 0.1) is 5.75 Å². The van der Waals surface area contributed by atoms with Crippen LogP contribution >= 0.6 is 11.8 Å². The first-order chi connectivity index (χ1) is 7.00. The van der Waals surface area contributed by atoms with E-state index in [2.05, 4.69) is 4.98 Å². The summed E-state index contributed by atoms with van der Waals surface area (Å²) < 4.78 is 1.77. The molecule has 0 atom stereocenters. The fraction of sp³-hybridized carbons (Fsp3) is 0.444. The Hall–Kier alpha value is -1.30. The minimum absolute atomic E-state index is 0.0941. The number of hydrogen-bond donors (Lipinski definition) is 1. The van der Waals surface area contributed by atoms with Gasteiger partial charge in [-0.2, -0.15) is 4.98 Å². The van der Waals surface area contributed by atoms with Crippen LogP contribution in [0.4, 0.5) is 0 Å². The Morgan fingerprint density at radius 3 is 2.87 bits per heavy atom. The van der Waals surface area contributed by atoms with Gasteiger partial charge in [0.15, 0.2) is 5.16 Å². The Balaban J connectivity index is 2.97. The molecule has 0 unspecified atom stereocenters. The highest BCUT2D eigenvalue weighted by molar-refractivity contribution is 7.99. The van der Waals surface area contributed by atoms with E-state index < -0.39 is 5.97 Å². The van der Waals surface area contributed by atoms with Crippen LogP contribution in [0.1, 0.15) is 19.9 Å². The lowest BCUT2D eigenvalue weighted by Crippen LogP contribution is -2.15. The molecular weight excluding hydrogens is 216 g/mol. The van der Waals surface area contributed by atoms with Crippen LogP contribution in [0.15, 0.2) is 22.2 Å². The first kappa shape index (κ1) is 11.8. The van der Waals surface area contributed by atoms with Gasteiger partial charge in [-0.15, -0.1) is 0 Å². The lowest BCUT2D eigenvalue weighted by molar-refractivity contribution is -0.133. The molecule has 0 spiro atoms. The summed E-state index contributed by atoms with van der Waals surface area (Å²) >= 11 is 1.05. The van der Waals surface area contributed by atoms with Crippen molar-refractivity contribution in [2.45, 2.75) is 25.0 Å². The van der Waals surface area contributed by atoms with Crippen molar-refractivity contribution in [2.24, 2.45) is 0 Å². The van der Waals surface area contributed by atoms with Crippen molar-refractivity contribution in [1.82, 2.24) is 9.55 Å². The highest BCUT2D eigenvalue weighted by Gasteiger charge is 2.08. The van der Waals surface area contributed by atoms with E-state index in [-0.39, 0.29) is 17.4 Å². The third-order valence-electron chi connectivity index (χ3n) is 1.69. The Morgan fingerprint density at radius 1 is 1.67 bits per heavy atom. The predicted octanol–water partition coefficient (Wildman–Crippen LogP) is 1.00. The summed E-state index contributed by atoms with van der Waals surface area (Å²) in [7, 11) is 0. The molecule has 0 bridgehead atoms. The SMILES string of the molecule is CC(C)n1ccc(=O)nc1SCC(=O)O. The van der Waals surface area contributed by atoms with Crippen molar-refractivity contribution in [3.05, 3.63) is 22.6 Å². The number of carbonyl (C=O) groups is 1. The topological polar surface area (TPSA) is 72.2 Å². The quantitative estimate of drug-likeness (QED) is 0.615. The number of nitrogens with zero attached hydrogens (tertiary/aromatic N) is 2. The number of hydrogen-bond acceptors (Lipinski definition) is 4. The molecule has 6 heteroatoms. The highest BCUT2D eigenvalue weighted by atomic mass is 32.2. The third-order valence-corrected chi connectivity index (χ3v) is 2.64. The first-order valence-corrected chi connectivity index (χ1v) is 5.43. The lowest BCUT2D eigenvalue weighted by Gasteiger charge is -2.13. The van der Waals surface area contributed by atoms with Crippen LogP contribution in [-0.2, 0) is 4.79 Å². The van der Waals surface area contributed by atoms with E-state index in [0.29, 0.717) is 5.16 Å². The van der Waals surface area contributed by atoms with Gasteiger partial charge in [0.25, 0.3) is 5.56 Å². The van der Waals surface area contributed by atoms with Gasteiger partial charge in [0, 0.05) is 18.3 Å². The zero-order valence-corrected chi connectivity index (χ0v) is 9.32. The van der Waals surface area contributed by atoms with Gasteiger partial charge in [-0.05, 0) is 13.8 Å². The molecule has 15 heavy (non-hydrogen) atoms. The minimum Gasteiger partial charge on any atom is -0.481 e. The molecule has 82 valence electrons. The molecule has 1 aromatic heterocycles. The zero-order chi connectivity index (χ0) is 11.4. The second-order valence-electron chi connectivity index (χ2n) is 3.23. The molecule has 0 fully saturated rings. The van der Waals surface area contributed by atoms with Gasteiger partial charge in [-0.1, -0.05) is 11.8 Å². The van der Waals surface area contributed by atoms with E-state index in [1.54, 1.807) is 10.8 Å². The average Bonchev–Trinajstić information content (AvgIpc) is 2.14. The average molecular weight is 228 g/mol. The molecule has 0 radical (unpaired) electrons. The van der Waals surface area contributed by atoms with Crippen molar-refractivity contribution >= 4 is 17.7 Å². The van der Waals surface area contributed by atoms with Crippen LogP contribution in [-0.4, -0.2) is 26.4 Å². The molecule has 0 aromatic carbocycles. The van der Waals surface area contributed by atoms with Crippen molar-refractivity contribution < 1.29 is 9.90 Å². The van der Waals surface area contributed by atoms with Gasteiger partial charge >= 0.3 is 5.97 Å². The Bertz CT molecular complexity index is 414. The fourth-order valence-corrected chi connectivity index (χ4v) is 1.85. The number of aromatic nitrogens is 2. The van der Waals surface area contributed by atoms with Crippen molar-refractivity contribution in [3.63, 3.8) is 0 Å². The summed E-state index contributed by atoms with van der Waals surface area (Å²) in [6.07, 6.45) is 1.63. The largest absolute Gasteiger partial charge is 0.481 e. The zero-order valence-electron chi connectivity index (χ0n) is 8.51. The van der Waals surface area contributed by atoms with Crippen LogP contribution in [0, 0.1) is 0 Å². The maximum Gasteiger partial charge on any atom is 0.313 e. The fourth-order valence-electron chi connectivity index (χ4n) is 1.02. The number of carboxylic acids is 1. The van der Waals surface area contributed by atoms with Crippen LogP contribution in [0.2, 0.25) is 0 Å². The number of thioether (sulfide) groups is 1. The Kier molecular flexibility index (Phi) is 3.90. The second kappa shape index (κ2) is 4.97. The van der Waals surface area contributed by atoms with E-state index in [1.807, 2.05) is 13.8 Å². The highest BCUT2D eigenvalue weighted by Crippen LogP contribution is 2.17. The first-order valence-electron chi connectivity index (χ1n) is 4.44. The van der Waals surface area contributed by atoms with Crippen LogP contribution < -0.4 is 5.56 Å². The molecular formula is C9H12N2O3S. The Labute approximate surface area is 91.1 Å². The lowest BCUT2D eigenvalue weighted by atomic mass is 10.4. The number of rotatable bonds is 4. The van der Waals surface area contributed by atoms with Gasteiger partial charge in [-0.3, -0.25) is 9.59 Å². The third kappa shape index (κ3) is 3.39. The van der Waals surface area contributed by atoms with Crippen molar-refractivity contribution in [2.75, 3.05) is 5.75 Å². The summed E-state index contributed by atoms with van der Waals surface area (Å²) in [6, 6.07) is 1.51. The maximum absolute atomic E-state index is 11.0. The molecule has 1 aromatic rings. The van der Waals surface area contributed by atoms with Crippen molar-refractivity contribution in [3.8, 4) is 0 Å². The molecule has 0 aliphatic rings. The van der Waals surface area contributed by atoms with E-state index in [0.717, 1.165) is 11.8 Å². The standard InChI is InChI=1S/C9H12N2O3S/c1-6(2)11-4-3-7(12)10-9(11)15-5-8(13)14/h3-4,6H,5H2,1-2H3,(H,13,14). The molecule has 0 amide bonds. The van der Waals surface area contributed by atoms with E-state index in [4.69, 9.17) is 5.11 Å².